The Morgan fingerprint density at radius 3 is 2.50 bits per heavy atom. The minimum Gasteiger partial charge on any atom is -0.442 e. The molecule has 0 bridgehead atoms. The van der Waals surface area contributed by atoms with Crippen molar-refractivity contribution in [1.82, 2.24) is 10.2 Å². The van der Waals surface area contributed by atoms with Crippen LogP contribution < -0.4 is 15.1 Å². The molecule has 7 nitrogen and oxygen atoms in total. The van der Waals surface area contributed by atoms with Gasteiger partial charge in [-0.2, -0.15) is 5.26 Å². The van der Waals surface area contributed by atoms with Gasteiger partial charge in [0.05, 0.1) is 36.4 Å². The number of benzene rings is 1. The minimum absolute atomic E-state index is 0.101. The number of rotatable bonds is 6. The van der Waals surface area contributed by atoms with Gasteiger partial charge in [0.2, 0.25) is 0 Å². The average molecular weight is 436 g/mol. The van der Waals surface area contributed by atoms with E-state index >= 15 is 0 Å². The van der Waals surface area contributed by atoms with E-state index in [2.05, 4.69) is 11.4 Å². The molecule has 1 aromatic carbocycles. The van der Waals surface area contributed by atoms with E-state index in [0.717, 1.165) is 17.8 Å². The maximum Gasteiger partial charge on any atom is 0.414 e. The first-order valence-corrected chi connectivity index (χ1v) is 10.5. The van der Waals surface area contributed by atoms with Crippen LogP contribution >= 0.6 is 12.2 Å². The van der Waals surface area contributed by atoms with Gasteiger partial charge in [-0.15, -0.1) is 0 Å². The summed E-state index contributed by atoms with van der Waals surface area (Å²) < 4.78 is 34.9. The summed E-state index contributed by atoms with van der Waals surface area (Å²) in [5.74, 6) is -1.02. The highest BCUT2D eigenvalue weighted by Gasteiger charge is 2.35. The lowest BCUT2D eigenvalue weighted by molar-refractivity contribution is 0.143. The molecular weight excluding hydrogens is 412 g/mol. The fourth-order valence-corrected chi connectivity index (χ4v) is 4.10. The van der Waals surface area contributed by atoms with Crippen molar-refractivity contribution in [2.24, 2.45) is 5.92 Å². The summed E-state index contributed by atoms with van der Waals surface area (Å²) in [5.41, 5.74) is 0.0325. The second-order valence-electron chi connectivity index (χ2n) is 7.82. The largest absolute Gasteiger partial charge is 0.442 e. The summed E-state index contributed by atoms with van der Waals surface area (Å²) >= 11 is 5.27. The number of nitrogens with zero attached hydrogens (tertiary/aromatic N) is 4. The van der Waals surface area contributed by atoms with Gasteiger partial charge in [-0.25, -0.2) is 13.6 Å². The van der Waals surface area contributed by atoms with Gasteiger partial charge in [-0.1, -0.05) is 12.2 Å². The van der Waals surface area contributed by atoms with Crippen molar-refractivity contribution < 1.29 is 18.3 Å². The topological polar surface area (TPSA) is 71.8 Å². The van der Waals surface area contributed by atoms with E-state index in [4.69, 9.17) is 22.2 Å². The molecule has 0 aromatic heterocycles. The molecule has 10 heteroatoms. The number of piperazine rings is 1. The molecular formula is C20H23F2N5O2S. The van der Waals surface area contributed by atoms with Crippen molar-refractivity contribution in [3.05, 3.63) is 23.8 Å². The van der Waals surface area contributed by atoms with E-state index in [1.807, 2.05) is 4.90 Å². The van der Waals surface area contributed by atoms with Gasteiger partial charge >= 0.3 is 6.09 Å². The maximum atomic E-state index is 14.8. The summed E-state index contributed by atoms with van der Waals surface area (Å²) in [5, 5.41) is 11.9. The molecule has 1 unspecified atom stereocenters. The van der Waals surface area contributed by atoms with Crippen LogP contribution in [0.3, 0.4) is 0 Å². The van der Waals surface area contributed by atoms with E-state index in [1.54, 1.807) is 4.90 Å². The van der Waals surface area contributed by atoms with E-state index in [0.29, 0.717) is 45.2 Å². The lowest BCUT2D eigenvalue weighted by Crippen LogP contribution is -2.47. The minimum atomic E-state index is -0.719. The van der Waals surface area contributed by atoms with Crippen molar-refractivity contribution in [1.29, 1.82) is 5.26 Å². The van der Waals surface area contributed by atoms with Crippen LogP contribution in [0.1, 0.15) is 12.8 Å². The standard InChI is InChI=1S/C20H23F2N5O2S/c21-16-9-14(10-17(22)18(16)26-7-5-25(4-3-23)6-8-26)27-12-15(29-20(27)28)11-24-19(30)13-1-2-13/h9-10,13,15H,1-2,4-8,11-12H2,(H,24,30). The van der Waals surface area contributed by atoms with Crippen LogP contribution in [0.4, 0.5) is 25.0 Å². The molecule has 1 N–H and O–H groups in total. The Morgan fingerprint density at radius 2 is 1.90 bits per heavy atom. The molecule has 1 saturated carbocycles. The van der Waals surface area contributed by atoms with Gasteiger partial charge in [0.1, 0.15) is 11.8 Å². The molecule has 1 aromatic rings. The second kappa shape index (κ2) is 8.70. The van der Waals surface area contributed by atoms with Gasteiger partial charge in [-0.05, 0) is 12.8 Å². The molecule has 30 heavy (non-hydrogen) atoms. The Hall–Kier alpha value is -2.51. The number of carbonyl (C=O) groups is 1. The third kappa shape index (κ3) is 4.47. The SMILES string of the molecule is N#CCN1CCN(c2c(F)cc(N3CC(CNC(=S)C4CC4)OC3=O)cc2F)CC1. The summed E-state index contributed by atoms with van der Waals surface area (Å²) in [6.45, 7) is 2.85. The molecule has 2 heterocycles. The van der Waals surface area contributed by atoms with Gasteiger partial charge in [0.15, 0.2) is 11.6 Å². The zero-order valence-electron chi connectivity index (χ0n) is 16.4. The maximum absolute atomic E-state index is 14.8. The number of nitriles is 1. The molecule has 1 atom stereocenters. The first-order chi connectivity index (χ1) is 14.5. The molecule has 0 spiro atoms. The van der Waals surface area contributed by atoms with Gasteiger partial charge < -0.3 is 15.0 Å². The lowest BCUT2D eigenvalue weighted by Gasteiger charge is -2.35. The number of ether oxygens (including phenoxy) is 1. The Morgan fingerprint density at radius 1 is 1.23 bits per heavy atom. The van der Waals surface area contributed by atoms with Gasteiger partial charge in [0, 0.05) is 44.2 Å². The van der Waals surface area contributed by atoms with Crippen LogP contribution in [0.5, 0.6) is 0 Å². The Balaban J connectivity index is 1.41. The third-order valence-corrected chi connectivity index (χ3v) is 6.10. The van der Waals surface area contributed by atoms with Crippen molar-refractivity contribution in [3.63, 3.8) is 0 Å². The van der Waals surface area contributed by atoms with E-state index < -0.39 is 23.8 Å². The highest BCUT2D eigenvalue weighted by atomic mass is 32.1. The Labute approximate surface area is 179 Å². The Bertz CT molecular complexity index is 857. The molecule has 1 aliphatic carbocycles. The average Bonchev–Trinajstić information content (AvgIpc) is 3.50. The van der Waals surface area contributed by atoms with Crippen molar-refractivity contribution >= 4 is 34.7 Å². The van der Waals surface area contributed by atoms with E-state index in [-0.39, 0.29) is 17.9 Å². The van der Waals surface area contributed by atoms with Crippen LogP contribution in [0.25, 0.3) is 0 Å². The van der Waals surface area contributed by atoms with Crippen molar-refractivity contribution in [3.8, 4) is 6.07 Å². The molecule has 1 amide bonds. The van der Waals surface area contributed by atoms with Crippen molar-refractivity contribution in [2.75, 3.05) is 55.6 Å². The van der Waals surface area contributed by atoms with Crippen molar-refractivity contribution in [2.45, 2.75) is 18.9 Å². The number of hydrogen-bond acceptors (Lipinski definition) is 6. The normalized spacial score (nSPS) is 22.0. The number of halogens is 2. The predicted octanol–water partition coefficient (Wildman–Crippen LogP) is 2.26. The molecule has 2 aliphatic heterocycles. The number of cyclic esters (lactones) is 1. The van der Waals surface area contributed by atoms with E-state index in [9.17, 15) is 13.6 Å². The molecule has 160 valence electrons. The predicted molar refractivity (Wildman–Crippen MR) is 112 cm³/mol. The highest BCUT2D eigenvalue weighted by molar-refractivity contribution is 7.80. The molecule has 4 rings (SSSR count). The summed E-state index contributed by atoms with van der Waals surface area (Å²) in [4.78, 5) is 17.8. The lowest BCUT2D eigenvalue weighted by atomic mass is 10.2. The monoisotopic (exact) mass is 435 g/mol. The zero-order chi connectivity index (χ0) is 21.3. The first kappa shape index (κ1) is 20.8. The second-order valence-corrected chi connectivity index (χ2v) is 8.25. The van der Waals surface area contributed by atoms with Crippen LogP contribution in [-0.4, -0.2) is 67.9 Å². The number of thiocarbonyl (C=S) groups is 1. The smallest absolute Gasteiger partial charge is 0.414 e. The molecule has 0 radical (unpaired) electrons. The third-order valence-electron chi connectivity index (χ3n) is 5.62. The highest BCUT2D eigenvalue weighted by Crippen LogP contribution is 2.32. The van der Waals surface area contributed by atoms with Crippen LogP contribution in [0.15, 0.2) is 12.1 Å². The number of anilines is 2. The number of nitrogens with one attached hydrogen (secondary N) is 1. The first-order valence-electron chi connectivity index (χ1n) is 10.1. The summed E-state index contributed by atoms with van der Waals surface area (Å²) in [7, 11) is 0. The Kier molecular flexibility index (Phi) is 6.01. The fourth-order valence-electron chi connectivity index (χ4n) is 3.78. The quantitative estimate of drug-likeness (QED) is 0.543. The number of carbonyl (C=O) groups excluding carboxylic acids is 1. The molecule has 2 saturated heterocycles. The fraction of sp³-hybridized carbons (Fsp3) is 0.550. The number of hydrogen-bond donors (Lipinski definition) is 1. The van der Waals surface area contributed by atoms with Crippen LogP contribution in [0.2, 0.25) is 0 Å². The van der Waals surface area contributed by atoms with E-state index in [1.165, 1.54) is 17.0 Å². The summed E-state index contributed by atoms with van der Waals surface area (Å²) in [6.07, 6.45) is 1.10. The summed E-state index contributed by atoms with van der Waals surface area (Å²) in [6, 6.07) is 4.43. The van der Waals surface area contributed by atoms with Crippen LogP contribution in [-0.2, 0) is 4.74 Å². The van der Waals surface area contributed by atoms with Crippen LogP contribution in [0, 0.1) is 28.9 Å². The van der Waals surface area contributed by atoms with Gasteiger partial charge in [0.25, 0.3) is 0 Å². The zero-order valence-corrected chi connectivity index (χ0v) is 17.3. The van der Waals surface area contributed by atoms with Gasteiger partial charge in [-0.3, -0.25) is 9.80 Å². The molecule has 3 aliphatic rings. The number of amides is 1. The molecule has 3 fully saturated rings.